The first-order valence-corrected chi connectivity index (χ1v) is 5.64. The smallest absolute Gasteiger partial charge is 0.140 e. The molecule has 0 N–H and O–H groups in total. The van der Waals surface area contributed by atoms with Crippen LogP contribution in [0, 0.1) is 12.8 Å². The number of hydrogen-bond donors (Lipinski definition) is 0. The number of rotatable bonds is 1. The maximum absolute atomic E-state index is 4.62. The molecule has 0 spiro atoms. The van der Waals surface area contributed by atoms with Gasteiger partial charge >= 0.3 is 0 Å². The maximum Gasteiger partial charge on any atom is 0.140 e. The third-order valence-corrected chi connectivity index (χ3v) is 4.18. The summed E-state index contributed by atoms with van der Waals surface area (Å²) >= 11 is 0. The monoisotopic (exact) mass is 198 g/mol. The highest BCUT2D eigenvalue weighted by atomic mass is 15.0. The lowest BCUT2D eigenvalue weighted by atomic mass is 10.0. The van der Waals surface area contributed by atoms with Gasteiger partial charge < -0.3 is 4.57 Å². The maximum atomic E-state index is 4.62. The van der Waals surface area contributed by atoms with Crippen molar-refractivity contribution in [3.05, 3.63) is 29.6 Å². The Bertz CT molecular complexity index is 573. The molecule has 0 aromatic carbocycles. The Hall–Kier alpha value is -1.31. The van der Waals surface area contributed by atoms with Crippen LogP contribution in [0.15, 0.2) is 18.3 Å². The van der Waals surface area contributed by atoms with Gasteiger partial charge in [0.15, 0.2) is 0 Å². The molecule has 0 amide bonds. The van der Waals surface area contributed by atoms with E-state index in [0.717, 1.165) is 17.3 Å². The first-order chi connectivity index (χ1) is 7.21. The highest BCUT2D eigenvalue weighted by Crippen LogP contribution is 2.76. The summed E-state index contributed by atoms with van der Waals surface area (Å²) in [6.45, 7) is 2.10. The van der Waals surface area contributed by atoms with Crippen LogP contribution in [0.3, 0.4) is 0 Å². The molecule has 2 fully saturated rings. The fourth-order valence-electron chi connectivity index (χ4n) is 2.91. The molecule has 2 aromatic rings. The van der Waals surface area contributed by atoms with Crippen LogP contribution in [-0.4, -0.2) is 9.55 Å². The average molecular weight is 198 g/mol. The normalized spacial score (nSPS) is 31.7. The van der Waals surface area contributed by atoms with Crippen LogP contribution < -0.4 is 0 Å². The zero-order chi connectivity index (χ0) is 10.2. The molecule has 2 saturated carbocycles. The number of aromatic nitrogens is 2. The predicted octanol–water partition coefficient (Wildman–Crippen LogP) is 2.54. The molecule has 15 heavy (non-hydrogen) atoms. The summed E-state index contributed by atoms with van der Waals surface area (Å²) in [6, 6.07) is 4.52. The van der Waals surface area contributed by atoms with Crippen molar-refractivity contribution >= 4 is 11.0 Å². The topological polar surface area (TPSA) is 17.8 Å². The van der Waals surface area contributed by atoms with Gasteiger partial charge in [0.2, 0.25) is 0 Å². The van der Waals surface area contributed by atoms with E-state index in [2.05, 4.69) is 41.9 Å². The third kappa shape index (κ3) is 0.834. The summed E-state index contributed by atoms with van der Waals surface area (Å²) in [7, 11) is 2.08. The van der Waals surface area contributed by atoms with Crippen molar-refractivity contribution < 1.29 is 0 Å². The van der Waals surface area contributed by atoms with E-state index >= 15 is 0 Å². The number of aryl methyl sites for hydroxylation is 2. The van der Waals surface area contributed by atoms with Gasteiger partial charge in [-0.25, -0.2) is 4.98 Å². The summed E-state index contributed by atoms with van der Waals surface area (Å²) in [6.07, 6.45) is 4.96. The Kier molecular flexibility index (Phi) is 1.11. The Labute approximate surface area is 88.9 Å². The Morgan fingerprint density at radius 3 is 2.87 bits per heavy atom. The molecular weight excluding hydrogens is 184 g/mol. The van der Waals surface area contributed by atoms with Crippen molar-refractivity contribution in [1.82, 2.24) is 9.55 Å². The zero-order valence-electron chi connectivity index (χ0n) is 9.12. The first-order valence-electron chi connectivity index (χ1n) is 5.64. The standard InChI is InChI=1S/C13H14N2/c1-8-5-11(13-6-9(13)7-13)10-3-4-15(2)12(10)14-8/h3-5,9H,6-7H2,1-2H3. The highest BCUT2D eigenvalue weighted by molar-refractivity contribution is 5.83. The minimum Gasteiger partial charge on any atom is -0.336 e. The lowest BCUT2D eigenvalue weighted by molar-refractivity contribution is 0.824. The molecule has 2 aliphatic rings. The molecular formula is C13H14N2. The second-order valence-corrected chi connectivity index (χ2v) is 5.24. The number of fused-ring (bicyclic) bond motifs is 2. The fraction of sp³-hybridized carbons (Fsp3) is 0.462. The summed E-state index contributed by atoms with van der Waals surface area (Å²) < 4.78 is 2.13. The van der Waals surface area contributed by atoms with Crippen LogP contribution in [0.25, 0.3) is 11.0 Å². The number of nitrogens with zero attached hydrogens (tertiary/aromatic N) is 2. The minimum atomic E-state index is 0.591. The Balaban J connectivity index is 2.09. The zero-order valence-corrected chi connectivity index (χ0v) is 9.12. The van der Waals surface area contributed by atoms with Gasteiger partial charge in [0, 0.05) is 24.3 Å². The molecule has 0 unspecified atom stereocenters. The van der Waals surface area contributed by atoms with Gasteiger partial charge in [0.1, 0.15) is 5.65 Å². The molecule has 0 bridgehead atoms. The summed E-state index contributed by atoms with van der Waals surface area (Å²) in [5.41, 5.74) is 4.46. The molecule has 2 heterocycles. The van der Waals surface area contributed by atoms with Crippen LogP contribution >= 0.6 is 0 Å². The molecule has 2 heteroatoms. The van der Waals surface area contributed by atoms with Crippen molar-refractivity contribution in [1.29, 1.82) is 0 Å². The van der Waals surface area contributed by atoms with E-state index in [9.17, 15) is 0 Å². The van der Waals surface area contributed by atoms with E-state index in [1.807, 2.05) is 0 Å². The minimum absolute atomic E-state index is 0.591. The van der Waals surface area contributed by atoms with Crippen LogP contribution in [0.1, 0.15) is 24.1 Å². The van der Waals surface area contributed by atoms with Gasteiger partial charge in [-0.1, -0.05) is 0 Å². The lowest BCUT2D eigenvalue weighted by Crippen LogP contribution is -1.99. The summed E-state index contributed by atoms with van der Waals surface area (Å²) in [5, 5.41) is 1.38. The van der Waals surface area contributed by atoms with Crippen molar-refractivity contribution in [3.63, 3.8) is 0 Å². The molecule has 0 atom stereocenters. The summed E-state index contributed by atoms with van der Waals surface area (Å²) in [5.74, 6) is 1.00. The Morgan fingerprint density at radius 1 is 1.47 bits per heavy atom. The molecule has 2 aliphatic carbocycles. The second-order valence-electron chi connectivity index (χ2n) is 5.24. The second kappa shape index (κ2) is 2.11. The van der Waals surface area contributed by atoms with Crippen molar-refractivity contribution in [2.24, 2.45) is 13.0 Å². The fourth-order valence-corrected chi connectivity index (χ4v) is 2.91. The molecule has 2 aromatic heterocycles. The van der Waals surface area contributed by atoms with Gasteiger partial charge in [-0.2, -0.15) is 0 Å². The van der Waals surface area contributed by atoms with Crippen molar-refractivity contribution in [2.45, 2.75) is 25.2 Å². The van der Waals surface area contributed by atoms with Gasteiger partial charge in [0.05, 0.1) is 0 Å². The summed E-state index contributed by atoms with van der Waals surface area (Å²) in [4.78, 5) is 4.62. The highest BCUT2D eigenvalue weighted by Gasteiger charge is 2.70. The van der Waals surface area contributed by atoms with Crippen LogP contribution in [0.4, 0.5) is 0 Å². The lowest BCUT2D eigenvalue weighted by Gasteiger charge is -2.08. The quantitative estimate of drug-likeness (QED) is 0.688. The van der Waals surface area contributed by atoms with Gasteiger partial charge in [-0.05, 0) is 48.8 Å². The van der Waals surface area contributed by atoms with Gasteiger partial charge in [-0.3, -0.25) is 0 Å². The van der Waals surface area contributed by atoms with E-state index in [1.54, 1.807) is 5.56 Å². The SMILES string of the molecule is Cc1cc(C23CC2C3)c2ccn(C)c2n1. The van der Waals surface area contributed by atoms with Gasteiger partial charge in [0.25, 0.3) is 0 Å². The third-order valence-electron chi connectivity index (χ3n) is 4.18. The first kappa shape index (κ1) is 7.91. The van der Waals surface area contributed by atoms with E-state index in [-0.39, 0.29) is 0 Å². The molecule has 0 saturated heterocycles. The number of hydrogen-bond acceptors (Lipinski definition) is 1. The van der Waals surface area contributed by atoms with Crippen LogP contribution in [0.2, 0.25) is 0 Å². The largest absolute Gasteiger partial charge is 0.336 e. The molecule has 0 aliphatic heterocycles. The predicted molar refractivity (Wildman–Crippen MR) is 59.9 cm³/mol. The molecule has 76 valence electrons. The molecule has 4 rings (SSSR count). The molecule has 2 nitrogen and oxygen atoms in total. The van der Waals surface area contributed by atoms with Crippen LogP contribution in [-0.2, 0) is 12.5 Å². The number of pyridine rings is 1. The van der Waals surface area contributed by atoms with Crippen molar-refractivity contribution in [2.75, 3.05) is 0 Å². The van der Waals surface area contributed by atoms with E-state index in [1.165, 1.54) is 18.2 Å². The van der Waals surface area contributed by atoms with E-state index < -0.39 is 0 Å². The van der Waals surface area contributed by atoms with E-state index in [0.29, 0.717) is 5.41 Å². The van der Waals surface area contributed by atoms with Gasteiger partial charge in [-0.15, -0.1) is 0 Å². The van der Waals surface area contributed by atoms with Crippen molar-refractivity contribution in [3.8, 4) is 0 Å². The van der Waals surface area contributed by atoms with Crippen LogP contribution in [0.5, 0.6) is 0 Å². The van der Waals surface area contributed by atoms with E-state index in [4.69, 9.17) is 0 Å². The molecule has 0 radical (unpaired) electrons. The Morgan fingerprint density at radius 2 is 2.20 bits per heavy atom. The average Bonchev–Trinajstić information content (AvgIpc) is 2.99.